The zero-order chi connectivity index (χ0) is 46.6. The Morgan fingerprint density at radius 3 is 1.78 bits per heavy atom. The molecule has 1 aliphatic carbocycles. The van der Waals surface area contributed by atoms with Crippen molar-refractivity contribution in [2.45, 2.75) is 14.7 Å². The number of rotatable bonds is 9. The van der Waals surface area contributed by atoms with E-state index in [-0.39, 0.29) is 203 Å². The maximum atomic E-state index is 13.3. The summed E-state index contributed by atoms with van der Waals surface area (Å²) in [6.07, 6.45) is 4.22. The average molecular weight is 1080 g/mol. The number of nitrogens with zero attached hydrogens (tertiary/aromatic N) is 3. The second-order valence-electron chi connectivity index (χ2n) is 10.9. The molecule has 0 spiro atoms. The molecule has 0 bridgehead atoms. The number of azo groups is 1. The van der Waals surface area contributed by atoms with Crippen LogP contribution in [0, 0.1) is 23.6 Å². The molecular formula is C32H18N5Na5O19S6. The number of phenols is 1. The van der Waals surface area contributed by atoms with Crippen molar-refractivity contribution in [1.82, 2.24) is 0 Å². The molecule has 0 fully saturated rings. The summed E-state index contributed by atoms with van der Waals surface area (Å²) in [6.45, 7) is 0. The third kappa shape index (κ3) is 22.4. The van der Waals surface area contributed by atoms with E-state index < -0.39 is 77.7 Å². The summed E-state index contributed by atoms with van der Waals surface area (Å²) >= 11 is 0. The number of benzene rings is 5. The number of allylic oxidation sites excluding steroid dienone is 1. The van der Waals surface area contributed by atoms with E-state index in [1.54, 1.807) is 6.07 Å². The zero-order valence-electron chi connectivity index (χ0n) is 34.7. The van der Waals surface area contributed by atoms with Crippen molar-refractivity contribution in [3.8, 4) is 11.5 Å². The van der Waals surface area contributed by atoms with Gasteiger partial charge < -0.3 is 23.8 Å². The van der Waals surface area contributed by atoms with Gasteiger partial charge in [-0.2, -0.15) is 48.5 Å². The summed E-state index contributed by atoms with van der Waals surface area (Å²) in [4.78, 5) is -1.82. The maximum Gasteiger partial charge on any atom is 1.00 e. The van der Waals surface area contributed by atoms with Crippen LogP contribution in [0.15, 0.2) is 121 Å². The molecule has 0 heterocycles. The van der Waals surface area contributed by atoms with Crippen molar-refractivity contribution in [3.05, 3.63) is 120 Å². The topological polar surface area (TPSA) is 405 Å². The second kappa shape index (κ2) is 31.4. The smallest absolute Gasteiger partial charge is 0.746 e. The van der Waals surface area contributed by atoms with Crippen molar-refractivity contribution in [2.24, 2.45) is 15.3 Å². The minimum atomic E-state index is -5.25. The van der Waals surface area contributed by atoms with Crippen molar-refractivity contribution >= 4 is 101 Å². The molecule has 5 aromatic rings. The minimum Gasteiger partial charge on any atom is -0.746 e. The number of aromatic hydroxyl groups is 1. The predicted octanol–water partition coefficient (Wildman–Crippen LogP) is -13.3. The molecule has 35 heteroatoms. The van der Waals surface area contributed by atoms with Gasteiger partial charge in [-0.15, -0.1) is 50.0 Å². The van der Waals surface area contributed by atoms with Crippen molar-refractivity contribution in [3.63, 3.8) is 0 Å². The van der Waals surface area contributed by atoms with E-state index in [4.69, 9.17) is 47.5 Å². The first-order chi connectivity index (χ1) is 28.8. The predicted molar refractivity (Wildman–Crippen MR) is 204 cm³/mol. The number of nitrogens with one attached hydrogen (secondary N) is 2. The van der Waals surface area contributed by atoms with Gasteiger partial charge in [0, 0.05) is 17.2 Å². The van der Waals surface area contributed by atoms with Crippen LogP contribution in [0.4, 0.5) is 17.1 Å². The maximum absolute atomic E-state index is 13.3. The molecule has 0 saturated heterocycles. The third-order valence-electron chi connectivity index (χ3n) is 7.00. The minimum absolute atomic E-state index is 0. The number of anilines is 1. The molecule has 6 rings (SSSR count). The van der Waals surface area contributed by atoms with Crippen LogP contribution in [-0.4, -0.2) is 88.8 Å². The van der Waals surface area contributed by atoms with Crippen LogP contribution < -0.4 is 157 Å². The van der Waals surface area contributed by atoms with Gasteiger partial charge in [0.2, 0.25) is 0 Å². The van der Waals surface area contributed by atoms with Crippen LogP contribution in [0.1, 0.15) is 11.1 Å². The van der Waals surface area contributed by atoms with E-state index >= 15 is 0 Å². The van der Waals surface area contributed by atoms with E-state index in [0.717, 1.165) is 24.3 Å². The Bertz CT molecular complexity index is 3300. The summed E-state index contributed by atoms with van der Waals surface area (Å²) in [7, 11) is -24.1. The molecule has 0 amide bonds. The normalized spacial score (nSPS) is 11.7. The summed E-state index contributed by atoms with van der Waals surface area (Å²) < 4.78 is 179. The Hall–Kier alpha value is -1.93. The van der Waals surface area contributed by atoms with Crippen LogP contribution in [0.3, 0.4) is 0 Å². The van der Waals surface area contributed by atoms with Gasteiger partial charge in [0.15, 0.2) is 5.75 Å². The molecule has 0 radical (unpaired) electrons. The molecular weight excluding hydrogens is 1070 g/mol. The fourth-order valence-corrected chi connectivity index (χ4v) is 6.68. The van der Waals surface area contributed by atoms with Crippen molar-refractivity contribution in [2.75, 3.05) is 5.43 Å². The quantitative estimate of drug-likeness (QED) is 0.0308. The Morgan fingerprint density at radius 2 is 1.24 bits per heavy atom. The van der Waals surface area contributed by atoms with Gasteiger partial charge >= 0.3 is 190 Å². The van der Waals surface area contributed by atoms with Crippen molar-refractivity contribution < 1.29 is 229 Å². The number of hydrogen-bond donors (Lipinski definition) is 3. The molecule has 1 aliphatic rings. The van der Waals surface area contributed by atoms with E-state index in [2.05, 4.69) is 39.0 Å². The first-order valence-corrected chi connectivity index (χ1v) is 22.6. The molecule has 0 atom stereocenters. The molecule has 0 aliphatic heterocycles. The summed E-state index contributed by atoms with van der Waals surface area (Å²) in [6, 6.07) is 22.2. The van der Waals surface area contributed by atoms with Crippen LogP contribution in [0.25, 0.3) is 10.8 Å². The standard InChI is InChI=1S/C32H20N5O10S3.5Na.3O3S/c33-32-27(13-12-19-6-4-11-28(38)30(19)32)37-36-26-15-14-25(35-34-20-7-5-10-22(16-20)48(39,40)41)24-17-23(49(42,43)44)18-29(31(24)26)47-50(45,46)21-8-2-1-3-9-21;;;;;;3*1-4(2)3/h1-3,5-6,8-11,13-18,33,36,38H,(H,39,40,41)(H,42,43,44);;;;;;;;/q-3;5*+1;;;/p-2. The first kappa shape index (κ1) is 69.3. The third-order valence-corrected chi connectivity index (χ3v) is 9.89. The van der Waals surface area contributed by atoms with Crippen molar-refractivity contribution in [1.29, 1.82) is 5.41 Å². The molecule has 0 unspecified atom stereocenters. The Labute approximate surface area is 496 Å². The molecule has 24 nitrogen and oxygen atoms in total. The van der Waals surface area contributed by atoms with Gasteiger partial charge in [0.25, 0.3) is 0 Å². The molecule has 5 aromatic carbocycles. The van der Waals surface area contributed by atoms with Crippen LogP contribution >= 0.6 is 0 Å². The summed E-state index contributed by atoms with van der Waals surface area (Å²) in [5.74, 6) is -0.879. The molecule has 0 aromatic heterocycles. The average Bonchev–Trinajstić information content (AvgIpc) is 3.16. The van der Waals surface area contributed by atoms with Gasteiger partial charge in [-0.05, 0) is 47.5 Å². The first-order valence-electron chi connectivity index (χ1n) is 15.3. The van der Waals surface area contributed by atoms with Crippen LogP contribution in [0.2, 0.25) is 0 Å². The molecule has 326 valence electrons. The van der Waals surface area contributed by atoms with Gasteiger partial charge in [0.1, 0.15) is 25.1 Å². The molecule has 67 heavy (non-hydrogen) atoms. The largest absolute Gasteiger partial charge is 1.00 e. The van der Waals surface area contributed by atoms with E-state index in [1.165, 1.54) is 54.6 Å². The fourth-order valence-electron chi connectivity index (χ4n) is 4.72. The van der Waals surface area contributed by atoms with E-state index in [9.17, 15) is 39.5 Å². The summed E-state index contributed by atoms with van der Waals surface area (Å²) in [5.41, 5.74) is 2.59. The van der Waals surface area contributed by atoms with Crippen LogP contribution in [0.5, 0.6) is 11.5 Å². The fraction of sp³-hybridized carbons (Fsp3) is 0. The number of hydrazone groups is 1. The Kier molecular flexibility index (Phi) is 32.5. The SMILES string of the molecule is N=C1C(=NNc2ccc(N=Nc3[c-]ccc(S(=O)(=O)[O-])c3)c3cc(S(=O)(=O)[O-])cc(OS(=O)(=O)c4ccccc4)c23)C=[C-]c2c[c-]cc(O)c21.O=S(=O)=O.O=S(=O)=O.O=S(=O)=O.[Na+].[Na+].[Na+].[Na+].[Na+]. The van der Waals surface area contributed by atoms with Gasteiger partial charge in [-0.3, -0.25) is 11.5 Å². The number of phenolic OH excluding ortho intramolecular Hbond substituents is 1. The van der Waals surface area contributed by atoms with Gasteiger partial charge in [0.05, 0.1) is 21.7 Å². The Balaban J connectivity index is -0.00000216. The summed E-state index contributed by atoms with van der Waals surface area (Å²) in [5, 5.41) is 30.7. The Morgan fingerprint density at radius 1 is 0.687 bits per heavy atom. The monoisotopic (exact) mass is 1080 g/mol. The molecule has 0 saturated carbocycles. The number of fused-ring (bicyclic) bond motifs is 2. The zero-order valence-corrected chi connectivity index (χ0v) is 49.6. The van der Waals surface area contributed by atoms with Crippen LogP contribution in [-0.2, 0) is 62.2 Å². The van der Waals surface area contributed by atoms with E-state index in [0.29, 0.717) is 11.6 Å². The second-order valence-corrected chi connectivity index (χ2v) is 16.4. The van der Waals surface area contributed by atoms with E-state index in [1.807, 2.05) is 0 Å². The molecule has 3 N–H and O–H groups in total. The van der Waals surface area contributed by atoms with Gasteiger partial charge in [-0.25, -0.2) is 39.6 Å². The number of hydrogen-bond acceptors (Lipinski definition) is 24. The van der Waals surface area contributed by atoms with Gasteiger partial charge in [-0.1, -0.05) is 23.1 Å².